The maximum absolute atomic E-state index is 5.73. The molecule has 1 fully saturated rings. The lowest BCUT2D eigenvalue weighted by atomic mass is 10.1. The Kier molecular flexibility index (Phi) is 5.47. The third kappa shape index (κ3) is 3.97. The van der Waals surface area contributed by atoms with Gasteiger partial charge in [-0.2, -0.15) is 0 Å². The lowest BCUT2D eigenvalue weighted by Crippen LogP contribution is -2.23. The van der Waals surface area contributed by atoms with Crippen LogP contribution >= 0.6 is 15.9 Å². The minimum absolute atomic E-state index is 0.0168. The normalized spacial score (nSPS) is 19.8. The summed E-state index contributed by atoms with van der Waals surface area (Å²) in [6.45, 7) is 1.49. The highest BCUT2D eigenvalue weighted by atomic mass is 79.9. The van der Waals surface area contributed by atoms with Gasteiger partial charge in [0.15, 0.2) is 6.29 Å². The van der Waals surface area contributed by atoms with Crippen LogP contribution in [0.15, 0.2) is 22.7 Å². The fourth-order valence-electron chi connectivity index (χ4n) is 2.09. The van der Waals surface area contributed by atoms with Crippen molar-refractivity contribution >= 4 is 15.9 Å². The van der Waals surface area contributed by atoms with Gasteiger partial charge < -0.3 is 14.2 Å². The van der Waals surface area contributed by atoms with Crippen molar-refractivity contribution in [2.45, 2.75) is 32.0 Å². The van der Waals surface area contributed by atoms with Gasteiger partial charge in [0.1, 0.15) is 5.75 Å². The molecule has 0 aromatic heterocycles. The van der Waals surface area contributed by atoms with E-state index < -0.39 is 0 Å². The molecule has 2 rings (SSSR count). The average molecular weight is 315 g/mol. The van der Waals surface area contributed by atoms with Gasteiger partial charge in [-0.3, -0.25) is 0 Å². The van der Waals surface area contributed by atoms with Crippen molar-refractivity contribution in [3.05, 3.63) is 28.2 Å². The van der Waals surface area contributed by atoms with E-state index in [0.717, 1.165) is 41.7 Å². The Morgan fingerprint density at radius 1 is 1.39 bits per heavy atom. The van der Waals surface area contributed by atoms with Crippen LogP contribution in [0.2, 0.25) is 0 Å². The van der Waals surface area contributed by atoms with Crippen molar-refractivity contribution in [1.29, 1.82) is 0 Å². The van der Waals surface area contributed by atoms with E-state index in [0.29, 0.717) is 6.61 Å². The quantitative estimate of drug-likeness (QED) is 0.832. The van der Waals surface area contributed by atoms with E-state index >= 15 is 0 Å². The molecule has 0 spiro atoms. The molecular weight excluding hydrogens is 296 g/mol. The standard InChI is InChI=1S/C14H19BrO3/c1-16-13-6-5-12(15)10-11(13)7-9-18-14-4-2-3-8-17-14/h5-6,10,14H,2-4,7-9H2,1H3. The maximum Gasteiger partial charge on any atom is 0.157 e. The van der Waals surface area contributed by atoms with Gasteiger partial charge >= 0.3 is 0 Å². The molecule has 0 aliphatic carbocycles. The second-order valence-electron chi connectivity index (χ2n) is 4.37. The van der Waals surface area contributed by atoms with Gasteiger partial charge in [0.25, 0.3) is 0 Å². The van der Waals surface area contributed by atoms with Crippen LogP contribution in [0.4, 0.5) is 0 Å². The third-order valence-corrected chi connectivity index (χ3v) is 3.55. The van der Waals surface area contributed by atoms with Crippen molar-refractivity contribution in [1.82, 2.24) is 0 Å². The Labute approximate surface area is 117 Å². The lowest BCUT2D eigenvalue weighted by molar-refractivity contribution is -0.161. The second kappa shape index (κ2) is 7.12. The van der Waals surface area contributed by atoms with Crippen LogP contribution in [-0.2, 0) is 15.9 Å². The number of hydrogen-bond donors (Lipinski definition) is 0. The predicted octanol–water partition coefficient (Wildman–Crippen LogP) is 3.54. The second-order valence-corrected chi connectivity index (χ2v) is 5.29. The number of hydrogen-bond acceptors (Lipinski definition) is 3. The van der Waals surface area contributed by atoms with Crippen LogP contribution < -0.4 is 4.74 Å². The minimum atomic E-state index is -0.0168. The highest BCUT2D eigenvalue weighted by molar-refractivity contribution is 9.10. The van der Waals surface area contributed by atoms with Gasteiger partial charge in [-0.25, -0.2) is 0 Å². The molecule has 1 aliphatic heterocycles. The number of ether oxygens (including phenoxy) is 3. The summed E-state index contributed by atoms with van der Waals surface area (Å²) in [7, 11) is 1.69. The molecule has 1 aromatic carbocycles. The number of benzene rings is 1. The zero-order valence-corrected chi connectivity index (χ0v) is 12.2. The van der Waals surface area contributed by atoms with Crippen LogP contribution in [0.5, 0.6) is 5.75 Å². The largest absolute Gasteiger partial charge is 0.496 e. The zero-order chi connectivity index (χ0) is 12.8. The number of methoxy groups -OCH3 is 1. The molecule has 1 atom stereocenters. The minimum Gasteiger partial charge on any atom is -0.496 e. The van der Waals surface area contributed by atoms with Gasteiger partial charge in [-0.05, 0) is 49.4 Å². The molecule has 3 nitrogen and oxygen atoms in total. The summed E-state index contributed by atoms with van der Waals surface area (Å²) in [6.07, 6.45) is 4.18. The fraction of sp³-hybridized carbons (Fsp3) is 0.571. The first-order valence-electron chi connectivity index (χ1n) is 6.35. The summed E-state index contributed by atoms with van der Waals surface area (Å²) in [5, 5.41) is 0. The average Bonchev–Trinajstić information content (AvgIpc) is 2.40. The number of rotatable bonds is 5. The highest BCUT2D eigenvalue weighted by Gasteiger charge is 2.14. The summed E-state index contributed by atoms with van der Waals surface area (Å²) < 4.78 is 17.7. The van der Waals surface area contributed by atoms with Crippen molar-refractivity contribution in [2.75, 3.05) is 20.3 Å². The Hall–Kier alpha value is -0.580. The van der Waals surface area contributed by atoms with Gasteiger partial charge in [0.05, 0.1) is 13.7 Å². The van der Waals surface area contributed by atoms with Crippen LogP contribution in [0.1, 0.15) is 24.8 Å². The fourth-order valence-corrected chi connectivity index (χ4v) is 2.49. The van der Waals surface area contributed by atoms with E-state index in [4.69, 9.17) is 14.2 Å². The van der Waals surface area contributed by atoms with Crippen molar-refractivity contribution < 1.29 is 14.2 Å². The van der Waals surface area contributed by atoms with Gasteiger partial charge in [0.2, 0.25) is 0 Å². The number of halogens is 1. The molecule has 0 amide bonds. The molecule has 18 heavy (non-hydrogen) atoms. The summed E-state index contributed by atoms with van der Waals surface area (Å²) in [4.78, 5) is 0. The maximum atomic E-state index is 5.73. The van der Waals surface area contributed by atoms with Crippen LogP contribution in [0.25, 0.3) is 0 Å². The molecule has 0 saturated carbocycles. The molecule has 1 saturated heterocycles. The van der Waals surface area contributed by atoms with Crippen molar-refractivity contribution in [2.24, 2.45) is 0 Å². The van der Waals surface area contributed by atoms with Crippen LogP contribution in [-0.4, -0.2) is 26.6 Å². The predicted molar refractivity (Wildman–Crippen MR) is 73.9 cm³/mol. The molecule has 1 aliphatic rings. The Bertz CT molecular complexity index is 375. The van der Waals surface area contributed by atoms with Crippen LogP contribution in [0.3, 0.4) is 0 Å². The van der Waals surface area contributed by atoms with E-state index in [9.17, 15) is 0 Å². The first-order valence-corrected chi connectivity index (χ1v) is 7.14. The molecule has 0 bridgehead atoms. The van der Waals surface area contributed by atoms with Gasteiger partial charge in [0, 0.05) is 11.1 Å². The van der Waals surface area contributed by atoms with Crippen LogP contribution in [0, 0.1) is 0 Å². The van der Waals surface area contributed by atoms with Crippen molar-refractivity contribution in [3.63, 3.8) is 0 Å². The van der Waals surface area contributed by atoms with E-state index in [1.807, 2.05) is 12.1 Å². The van der Waals surface area contributed by atoms with Crippen molar-refractivity contribution in [3.8, 4) is 5.75 Å². The van der Waals surface area contributed by atoms with E-state index in [1.54, 1.807) is 7.11 Å². The van der Waals surface area contributed by atoms with E-state index in [2.05, 4.69) is 22.0 Å². The molecule has 0 N–H and O–H groups in total. The summed E-state index contributed by atoms with van der Waals surface area (Å²) in [5.74, 6) is 0.909. The van der Waals surface area contributed by atoms with Gasteiger partial charge in [-0.15, -0.1) is 0 Å². The Morgan fingerprint density at radius 2 is 2.28 bits per heavy atom. The first kappa shape index (κ1) is 13.8. The zero-order valence-electron chi connectivity index (χ0n) is 10.7. The molecule has 1 unspecified atom stereocenters. The smallest absolute Gasteiger partial charge is 0.157 e. The molecule has 0 radical (unpaired) electrons. The summed E-state index contributed by atoms with van der Waals surface area (Å²) >= 11 is 3.47. The Balaban J connectivity index is 1.83. The summed E-state index contributed by atoms with van der Waals surface area (Å²) in [5.41, 5.74) is 1.16. The topological polar surface area (TPSA) is 27.7 Å². The van der Waals surface area contributed by atoms with E-state index in [1.165, 1.54) is 6.42 Å². The molecular formula is C14H19BrO3. The molecule has 100 valence electrons. The van der Waals surface area contributed by atoms with Gasteiger partial charge in [-0.1, -0.05) is 15.9 Å². The first-order chi connectivity index (χ1) is 8.79. The molecule has 4 heteroatoms. The SMILES string of the molecule is COc1ccc(Br)cc1CCOC1CCCCO1. The lowest BCUT2D eigenvalue weighted by Gasteiger charge is -2.22. The molecule has 1 aromatic rings. The van der Waals surface area contributed by atoms with E-state index in [-0.39, 0.29) is 6.29 Å². The Morgan fingerprint density at radius 3 is 3.00 bits per heavy atom. The summed E-state index contributed by atoms with van der Waals surface area (Å²) in [6, 6.07) is 6.02. The highest BCUT2D eigenvalue weighted by Crippen LogP contribution is 2.23. The third-order valence-electron chi connectivity index (χ3n) is 3.06. The molecule has 1 heterocycles. The monoisotopic (exact) mass is 314 g/mol.